The predicted molar refractivity (Wildman–Crippen MR) is 81.2 cm³/mol. The lowest BCUT2D eigenvalue weighted by Gasteiger charge is -2.32. The average molecular weight is 272 g/mol. The van der Waals surface area contributed by atoms with Crippen molar-refractivity contribution in [2.45, 2.75) is 52.2 Å². The third-order valence-electron chi connectivity index (χ3n) is 4.63. The number of hydrogen-bond acceptors (Lipinski definition) is 3. The minimum atomic E-state index is -0.337. The summed E-state index contributed by atoms with van der Waals surface area (Å²) in [5.74, 6) is 0. The molecule has 20 heavy (non-hydrogen) atoms. The molecule has 106 valence electrons. The standard InChI is InChI=1S/C15H21BN2O2/c1-6-10-7-8-12-11(9-17-18-12)13(10)16-19-14(2,3)15(4,5)20-16/h7-9H,6H2,1-5H3,(H,17,18). The minimum absolute atomic E-state index is 0.325. The van der Waals surface area contributed by atoms with Gasteiger partial charge in [0.25, 0.3) is 0 Å². The van der Waals surface area contributed by atoms with Crippen molar-refractivity contribution in [2.24, 2.45) is 0 Å². The predicted octanol–water partition coefficient (Wildman–Crippen LogP) is 2.42. The van der Waals surface area contributed by atoms with Gasteiger partial charge in [-0.25, -0.2) is 0 Å². The van der Waals surface area contributed by atoms with E-state index < -0.39 is 0 Å². The van der Waals surface area contributed by atoms with Gasteiger partial charge in [0.15, 0.2) is 0 Å². The third kappa shape index (κ3) is 1.88. The summed E-state index contributed by atoms with van der Waals surface area (Å²) in [6.07, 6.45) is 2.80. The molecule has 0 bridgehead atoms. The molecule has 1 N–H and O–H groups in total. The van der Waals surface area contributed by atoms with E-state index in [0.717, 1.165) is 22.8 Å². The topological polar surface area (TPSA) is 47.1 Å². The average Bonchev–Trinajstić information content (AvgIpc) is 2.90. The maximum absolute atomic E-state index is 6.21. The first-order valence-electron chi connectivity index (χ1n) is 7.16. The molecule has 3 rings (SSSR count). The fourth-order valence-corrected chi connectivity index (χ4v) is 2.63. The van der Waals surface area contributed by atoms with Crippen LogP contribution in [-0.4, -0.2) is 28.5 Å². The highest BCUT2D eigenvalue weighted by atomic mass is 16.7. The number of nitrogens with zero attached hydrogens (tertiary/aromatic N) is 1. The van der Waals surface area contributed by atoms with Crippen LogP contribution in [0.4, 0.5) is 0 Å². The van der Waals surface area contributed by atoms with E-state index in [2.05, 4.69) is 56.9 Å². The smallest absolute Gasteiger partial charge is 0.399 e. The Morgan fingerprint density at radius 3 is 2.40 bits per heavy atom. The fourth-order valence-electron chi connectivity index (χ4n) is 2.63. The number of H-pyrrole nitrogens is 1. The van der Waals surface area contributed by atoms with Gasteiger partial charge in [-0.05, 0) is 51.2 Å². The van der Waals surface area contributed by atoms with Gasteiger partial charge >= 0.3 is 7.12 Å². The summed E-state index contributed by atoms with van der Waals surface area (Å²) in [5, 5.41) is 8.25. The molecular weight excluding hydrogens is 251 g/mol. The number of aromatic amines is 1. The van der Waals surface area contributed by atoms with Gasteiger partial charge in [0.1, 0.15) is 0 Å². The number of hydrogen-bond donors (Lipinski definition) is 1. The second-order valence-electron chi connectivity index (χ2n) is 6.41. The second kappa shape index (κ2) is 4.33. The van der Waals surface area contributed by atoms with Crippen LogP contribution in [0.1, 0.15) is 40.2 Å². The van der Waals surface area contributed by atoms with Crippen LogP contribution in [0, 0.1) is 0 Å². The molecule has 1 fully saturated rings. The summed E-state index contributed by atoms with van der Waals surface area (Å²) in [7, 11) is -0.337. The molecule has 4 nitrogen and oxygen atoms in total. The van der Waals surface area contributed by atoms with Gasteiger partial charge in [0.05, 0.1) is 22.9 Å². The van der Waals surface area contributed by atoms with Crippen molar-refractivity contribution < 1.29 is 9.31 Å². The maximum Gasteiger partial charge on any atom is 0.495 e. The van der Waals surface area contributed by atoms with Gasteiger partial charge in [0, 0.05) is 5.39 Å². The molecule has 2 heterocycles. The number of fused-ring (bicyclic) bond motifs is 1. The summed E-state index contributed by atoms with van der Waals surface area (Å²) in [4.78, 5) is 0. The van der Waals surface area contributed by atoms with Crippen molar-refractivity contribution in [1.29, 1.82) is 0 Å². The lowest BCUT2D eigenvalue weighted by atomic mass is 9.73. The van der Waals surface area contributed by atoms with Gasteiger partial charge in [-0.3, -0.25) is 5.10 Å². The Hall–Kier alpha value is -1.33. The van der Waals surface area contributed by atoms with Crippen LogP contribution in [0.2, 0.25) is 0 Å². The van der Waals surface area contributed by atoms with E-state index in [1.807, 2.05) is 6.20 Å². The van der Waals surface area contributed by atoms with Crippen LogP contribution in [0.15, 0.2) is 18.3 Å². The first-order chi connectivity index (χ1) is 9.36. The molecule has 0 saturated carbocycles. The van der Waals surface area contributed by atoms with Gasteiger partial charge < -0.3 is 9.31 Å². The Kier molecular flexibility index (Phi) is 2.96. The molecule has 1 saturated heterocycles. The number of aromatic nitrogens is 2. The first-order valence-corrected chi connectivity index (χ1v) is 7.16. The molecule has 0 amide bonds. The monoisotopic (exact) mass is 272 g/mol. The molecular formula is C15H21BN2O2. The lowest BCUT2D eigenvalue weighted by molar-refractivity contribution is 0.00578. The molecule has 5 heteroatoms. The molecule has 2 aromatic rings. The summed E-state index contributed by atoms with van der Waals surface area (Å²) in [5.41, 5.74) is 2.73. The first kappa shape index (κ1) is 13.6. The highest BCUT2D eigenvalue weighted by Gasteiger charge is 2.52. The molecule has 0 aliphatic carbocycles. The van der Waals surface area contributed by atoms with Gasteiger partial charge in [-0.1, -0.05) is 13.0 Å². The molecule has 1 aliphatic rings. The number of nitrogens with one attached hydrogen (secondary N) is 1. The molecule has 0 unspecified atom stereocenters. The zero-order valence-corrected chi connectivity index (χ0v) is 12.8. The van der Waals surface area contributed by atoms with Crippen molar-refractivity contribution in [2.75, 3.05) is 0 Å². The maximum atomic E-state index is 6.21. The molecule has 1 aromatic carbocycles. The van der Waals surface area contributed by atoms with Gasteiger partial charge in [-0.15, -0.1) is 0 Å². The van der Waals surface area contributed by atoms with E-state index in [1.54, 1.807) is 0 Å². The molecule has 0 radical (unpaired) electrons. The van der Waals surface area contributed by atoms with Crippen molar-refractivity contribution in [3.05, 3.63) is 23.9 Å². The lowest BCUT2D eigenvalue weighted by Crippen LogP contribution is -2.41. The van der Waals surface area contributed by atoms with E-state index in [4.69, 9.17) is 9.31 Å². The van der Waals surface area contributed by atoms with Crippen molar-refractivity contribution >= 4 is 23.5 Å². The van der Waals surface area contributed by atoms with Crippen molar-refractivity contribution in [3.8, 4) is 0 Å². The Bertz CT molecular complexity index is 632. The van der Waals surface area contributed by atoms with E-state index in [0.29, 0.717) is 0 Å². The zero-order chi connectivity index (χ0) is 14.5. The van der Waals surface area contributed by atoms with E-state index >= 15 is 0 Å². The van der Waals surface area contributed by atoms with E-state index in [9.17, 15) is 0 Å². The SMILES string of the molecule is CCc1ccc2[nH]ncc2c1B1OC(C)(C)C(C)(C)O1. The fraction of sp³-hybridized carbons (Fsp3) is 0.533. The summed E-state index contributed by atoms with van der Waals surface area (Å²) in [6, 6.07) is 4.19. The largest absolute Gasteiger partial charge is 0.495 e. The highest BCUT2D eigenvalue weighted by Crippen LogP contribution is 2.37. The summed E-state index contributed by atoms with van der Waals surface area (Å²) < 4.78 is 12.4. The second-order valence-corrected chi connectivity index (χ2v) is 6.41. The van der Waals surface area contributed by atoms with Crippen LogP contribution in [0.25, 0.3) is 10.9 Å². The quantitative estimate of drug-likeness (QED) is 0.854. The van der Waals surface area contributed by atoms with Crippen LogP contribution in [0.5, 0.6) is 0 Å². The number of rotatable bonds is 2. The summed E-state index contributed by atoms with van der Waals surface area (Å²) >= 11 is 0. The Labute approximate surface area is 120 Å². The van der Waals surface area contributed by atoms with Crippen LogP contribution in [0.3, 0.4) is 0 Å². The molecule has 1 aliphatic heterocycles. The Balaban J connectivity index is 2.13. The molecule has 0 spiro atoms. The van der Waals surface area contributed by atoms with E-state index in [1.165, 1.54) is 5.56 Å². The molecule has 1 aromatic heterocycles. The van der Waals surface area contributed by atoms with Crippen molar-refractivity contribution in [1.82, 2.24) is 10.2 Å². The Morgan fingerprint density at radius 2 is 1.80 bits per heavy atom. The zero-order valence-electron chi connectivity index (χ0n) is 12.8. The van der Waals surface area contributed by atoms with Crippen molar-refractivity contribution in [3.63, 3.8) is 0 Å². The summed E-state index contributed by atoms with van der Waals surface area (Å²) in [6.45, 7) is 10.5. The molecule has 0 atom stereocenters. The highest BCUT2D eigenvalue weighted by molar-refractivity contribution is 6.65. The Morgan fingerprint density at radius 1 is 1.15 bits per heavy atom. The van der Waals surface area contributed by atoms with Crippen LogP contribution < -0.4 is 5.46 Å². The number of benzene rings is 1. The third-order valence-corrected chi connectivity index (χ3v) is 4.63. The van der Waals surface area contributed by atoms with Gasteiger partial charge in [-0.2, -0.15) is 5.10 Å². The number of aryl methyl sites for hydroxylation is 1. The van der Waals surface area contributed by atoms with E-state index in [-0.39, 0.29) is 18.3 Å². The minimum Gasteiger partial charge on any atom is -0.399 e. The normalized spacial score (nSPS) is 20.8. The van der Waals surface area contributed by atoms with Gasteiger partial charge in [0.2, 0.25) is 0 Å². The van der Waals surface area contributed by atoms with Crippen LogP contribution in [-0.2, 0) is 15.7 Å². The van der Waals surface area contributed by atoms with Crippen LogP contribution >= 0.6 is 0 Å².